The molecule has 0 aromatic carbocycles. The van der Waals surface area contributed by atoms with E-state index in [1.165, 1.54) is 18.4 Å². The van der Waals surface area contributed by atoms with Gasteiger partial charge in [-0.2, -0.15) is 5.10 Å². The molecule has 108 valence electrons. The van der Waals surface area contributed by atoms with Gasteiger partial charge in [0.25, 0.3) is 0 Å². The lowest BCUT2D eigenvalue weighted by Crippen LogP contribution is -2.50. The van der Waals surface area contributed by atoms with Crippen molar-refractivity contribution in [2.24, 2.45) is 23.5 Å². The topological polar surface area (TPSA) is 43.8 Å². The van der Waals surface area contributed by atoms with Crippen LogP contribution < -0.4 is 5.73 Å². The average molecular weight is 263 g/mol. The lowest BCUT2D eigenvalue weighted by atomic mass is 9.63. The highest BCUT2D eigenvalue weighted by Gasteiger charge is 2.43. The maximum absolute atomic E-state index is 6.87. The molecule has 3 unspecified atom stereocenters. The summed E-state index contributed by atoms with van der Waals surface area (Å²) in [6, 6.07) is 0. The second-order valence-corrected chi connectivity index (χ2v) is 6.77. The van der Waals surface area contributed by atoms with Crippen molar-refractivity contribution in [3.05, 3.63) is 18.0 Å². The third-order valence-corrected chi connectivity index (χ3v) is 4.75. The minimum atomic E-state index is -0.183. The predicted octanol–water partition coefficient (Wildman–Crippen LogP) is 3.54. The van der Waals surface area contributed by atoms with Gasteiger partial charge in [-0.1, -0.05) is 34.1 Å². The molecule has 3 atom stereocenters. The average Bonchev–Trinajstić information content (AvgIpc) is 2.78. The van der Waals surface area contributed by atoms with Gasteiger partial charge < -0.3 is 5.73 Å². The first-order chi connectivity index (χ1) is 8.97. The molecule has 2 N–H and O–H groups in total. The van der Waals surface area contributed by atoms with Crippen LogP contribution in [0.1, 0.15) is 58.9 Å². The molecule has 1 fully saturated rings. The van der Waals surface area contributed by atoms with Crippen LogP contribution in [0.2, 0.25) is 0 Å². The third kappa shape index (κ3) is 2.86. The Morgan fingerprint density at radius 3 is 2.84 bits per heavy atom. The first-order valence-electron chi connectivity index (χ1n) is 7.79. The van der Waals surface area contributed by atoms with E-state index in [2.05, 4.69) is 39.0 Å². The highest BCUT2D eigenvalue weighted by Crippen LogP contribution is 2.45. The van der Waals surface area contributed by atoms with Gasteiger partial charge >= 0.3 is 0 Å². The molecular formula is C16H29N3. The summed E-state index contributed by atoms with van der Waals surface area (Å²) in [6.07, 6.45) is 8.94. The van der Waals surface area contributed by atoms with E-state index in [0.29, 0.717) is 11.8 Å². The monoisotopic (exact) mass is 263 g/mol. The van der Waals surface area contributed by atoms with Crippen LogP contribution in [0.3, 0.4) is 0 Å². The second-order valence-electron chi connectivity index (χ2n) is 6.77. The molecule has 1 aromatic rings. The Morgan fingerprint density at radius 1 is 1.47 bits per heavy atom. The summed E-state index contributed by atoms with van der Waals surface area (Å²) in [6.45, 7) is 10.1. The van der Waals surface area contributed by atoms with Crippen LogP contribution in [-0.2, 0) is 12.1 Å². The number of rotatable bonds is 4. The third-order valence-electron chi connectivity index (χ3n) is 4.75. The summed E-state index contributed by atoms with van der Waals surface area (Å²) in [5, 5.41) is 4.48. The molecule has 1 aliphatic carbocycles. The van der Waals surface area contributed by atoms with Crippen LogP contribution in [-0.4, -0.2) is 9.78 Å². The maximum Gasteiger partial charge on any atom is 0.0540 e. The molecule has 3 heteroatoms. The molecule has 0 radical (unpaired) electrons. The van der Waals surface area contributed by atoms with Crippen LogP contribution in [0, 0.1) is 17.8 Å². The van der Waals surface area contributed by atoms with Crippen molar-refractivity contribution in [2.75, 3.05) is 0 Å². The molecule has 0 bridgehead atoms. The van der Waals surface area contributed by atoms with Crippen molar-refractivity contribution in [1.82, 2.24) is 9.78 Å². The van der Waals surface area contributed by atoms with Crippen molar-refractivity contribution in [3.63, 3.8) is 0 Å². The van der Waals surface area contributed by atoms with Gasteiger partial charge in [0.15, 0.2) is 0 Å². The summed E-state index contributed by atoms with van der Waals surface area (Å²) in [5.74, 6) is 1.92. The van der Waals surface area contributed by atoms with Crippen LogP contribution in [0.4, 0.5) is 0 Å². The number of aryl methyl sites for hydroxylation is 1. The Kier molecular flexibility index (Phi) is 4.34. The van der Waals surface area contributed by atoms with E-state index in [-0.39, 0.29) is 5.54 Å². The maximum atomic E-state index is 6.87. The summed E-state index contributed by atoms with van der Waals surface area (Å²) in [4.78, 5) is 0. The van der Waals surface area contributed by atoms with Crippen molar-refractivity contribution < 1.29 is 0 Å². The fourth-order valence-electron chi connectivity index (χ4n) is 3.77. The Labute approximate surface area is 117 Å². The van der Waals surface area contributed by atoms with Crippen molar-refractivity contribution in [3.8, 4) is 0 Å². The zero-order valence-corrected chi connectivity index (χ0v) is 12.9. The Morgan fingerprint density at radius 2 is 2.21 bits per heavy atom. The largest absolute Gasteiger partial charge is 0.321 e. The van der Waals surface area contributed by atoms with E-state index in [4.69, 9.17) is 5.73 Å². The molecular weight excluding hydrogens is 234 g/mol. The Hall–Kier alpha value is -0.830. The molecule has 1 heterocycles. The quantitative estimate of drug-likeness (QED) is 0.903. The Balaban J connectivity index is 2.29. The van der Waals surface area contributed by atoms with Crippen LogP contribution in [0.5, 0.6) is 0 Å². The van der Waals surface area contributed by atoms with Gasteiger partial charge in [-0.25, -0.2) is 0 Å². The molecule has 19 heavy (non-hydrogen) atoms. The number of hydrogen-bond donors (Lipinski definition) is 1. The first-order valence-corrected chi connectivity index (χ1v) is 7.79. The minimum absolute atomic E-state index is 0.183. The van der Waals surface area contributed by atoms with Gasteiger partial charge in [0.05, 0.1) is 6.20 Å². The summed E-state index contributed by atoms with van der Waals surface area (Å²) in [7, 11) is 0. The van der Waals surface area contributed by atoms with Gasteiger partial charge in [-0.15, -0.1) is 0 Å². The zero-order valence-electron chi connectivity index (χ0n) is 12.9. The molecule has 2 rings (SSSR count). The lowest BCUT2D eigenvalue weighted by Gasteiger charge is -2.45. The first kappa shape index (κ1) is 14.6. The number of hydrogen-bond acceptors (Lipinski definition) is 2. The molecule has 1 aromatic heterocycles. The van der Waals surface area contributed by atoms with E-state index < -0.39 is 0 Å². The standard InChI is InChI=1S/C16H29N3/c1-5-8-19-11-14(10-18-19)16(17)9-13(4)6-7-15(16)12(2)3/h10-13,15H,5-9,17H2,1-4H3. The summed E-state index contributed by atoms with van der Waals surface area (Å²) >= 11 is 0. The smallest absolute Gasteiger partial charge is 0.0540 e. The van der Waals surface area contributed by atoms with Crippen molar-refractivity contribution >= 4 is 0 Å². The lowest BCUT2D eigenvalue weighted by molar-refractivity contribution is 0.108. The minimum Gasteiger partial charge on any atom is -0.321 e. The van der Waals surface area contributed by atoms with E-state index in [1.807, 2.05) is 10.9 Å². The number of nitrogens with two attached hydrogens (primary N) is 1. The SMILES string of the molecule is CCCn1cc(C2(N)CC(C)CCC2C(C)C)cn1. The highest BCUT2D eigenvalue weighted by atomic mass is 15.3. The molecule has 0 amide bonds. The van der Waals surface area contributed by atoms with Gasteiger partial charge in [0.2, 0.25) is 0 Å². The van der Waals surface area contributed by atoms with Crippen LogP contribution in [0.25, 0.3) is 0 Å². The highest BCUT2D eigenvalue weighted by molar-refractivity contribution is 5.21. The van der Waals surface area contributed by atoms with E-state index >= 15 is 0 Å². The van der Waals surface area contributed by atoms with Gasteiger partial charge in [0.1, 0.15) is 0 Å². The predicted molar refractivity (Wildman–Crippen MR) is 79.7 cm³/mol. The molecule has 0 aliphatic heterocycles. The molecule has 1 saturated carbocycles. The normalized spacial score (nSPS) is 31.9. The molecule has 0 saturated heterocycles. The fraction of sp³-hybridized carbons (Fsp3) is 0.812. The second kappa shape index (κ2) is 5.66. The van der Waals surface area contributed by atoms with Crippen molar-refractivity contribution in [2.45, 2.75) is 65.5 Å². The summed E-state index contributed by atoms with van der Waals surface area (Å²) < 4.78 is 2.04. The fourth-order valence-corrected chi connectivity index (χ4v) is 3.77. The van der Waals surface area contributed by atoms with E-state index in [9.17, 15) is 0 Å². The van der Waals surface area contributed by atoms with Gasteiger partial charge in [0, 0.05) is 23.8 Å². The van der Waals surface area contributed by atoms with Crippen molar-refractivity contribution in [1.29, 1.82) is 0 Å². The van der Waals surface area contributed by atoms with Gasteiger partial charge in [-0.05, 0) is 37.0 Å². The number of nitrogens with zero attached hydrogens (tertiary/aromatic N) is 2. The molecule has 3 nitrogen and oxygen atoms in total. The number of aromatic nitrogens is 2. The summed E-state index contributed by atoms with van der Waals surface area (Å²) in [5.41, 5.74) is 7.93. The molecule has 1 aliphatic rings. The zero-order chi connectivity index (χ0) is 14.0. The van der Waals surface area contributed by atoms with Crippen LogP contribution in [0.15, 0.2) is 12.4 Å². The van der Waals surface area contributed by atoms with Gasteiger partial charge in [-0.3, -0.25) is 4.68 Å². The van der Waals surface area contributed by atoms with E-state index in [0.717, 1.165) is 25.3 Å². The molecule has 0 spiro atoms. The van der Waals surface area contributed by atoms with Crippen LogP contribution >= 0.6 is 0 Å². The van der Waals surface area contributed by atoms with E-state index in [1.54, 1.807) is 0 Å². The Bertz CT molecular complexity index is 410.